The Morgan fingerprint density at radius 1 is 1.10 bits per heavy atom. The summed E-state index contributed by atoms with van der Waals surface area (Å²) in [5.74, 6) is 0.373. The van der Waals surface area contributed by atoms with E-state index >= 15 is 0 Å². The third kappa shape index (κ3) is 3.37. The second kappa shape index (κ2) is 7.41. The summed E-state index contributed by atoms with van der Waals surface area (Å²) in [5.41, 5.74) is 0.842. The van der Waals surface area contributed by atoms with Crippen molar-refractivity contribution >= 4 is 27.5 Å². The molecule has 2 fully saturated rings. The van der Waals surface area contributed by atoms with Gasteiger partial charge < -0.3 is 9.42 Å². The highest BCUT2D eigenvalue weighted by molar-refractivity contribution is 7.89. The molecule has 156 valence electrons. The van der Waals surface area contributed by atoms with Crippen molar-refractivity contribution in [3.8, 4) is 0 Å². The maximum absolute atomic E-state index is 13.4. The first-order valence-electron chi connectivity index (χ1n) is 9.74. The largest absolute Gasteiger partial charge is 0.360 e. The quantitative estimate of drug-likeness (QED) is 0.734. The van der Waals surface area contributed by atoms with Crippen molar-refractivity contribution in [1.29, 1.82) is 0 Å². The van der Waals surface area contributed by atoms with Crippen molar-refractivity contribution in [3.63, 3.8) is 0 Å². The van der Waals surface area contributed by atoms with Gasteiger partial charge in [-0.2, -0.15) is 4.31 Å². The maximum atomic E-state index is 13.4. The van der Waals surface area contributed by atoms with Gasteiger partial charge in [0.05, 0.1) is 5.41 Å². The van der Waals surface area contributed by atoms with Gasteiger partial charge in [0.15, 0.2) is 5.76 Å². The van der Waals surface area contributed by atoms with Crippen LogP contribution in [0.2, 0.25) is 5.02 Å². The number of halogens is 1. The predicted octanol–water partition coefficient (Wildman–Crippen LogP) is 2.90. The van der Waals surface area contributed by atoms with Gasteiger partial charge in [0.1, 0.15) is 10.6 Å². The molecule has 0 N–H and O–H groups in total. The normalized spacial score (nSPS) is 19.8. The van der Waals surface area contributed by atoms with Gasteiger partial charge in [-0.05, 0) is 44.4 Å². The van der Waals surface area contributed by atoms with E-state index in [1.807, 2.05) is 24.3 Å². The lowest BCUT2D eigenvalue weighted by atomic mass is 9.63. The van der Waals surface area contributed by atoms with Crippen molar-refractivity contribution in [2.24, 2.45) is 0 Å². The highest BCUT2D eigenvalue weighted by Gasteiger charge is 2.48. The van der Waals surface area contributed by atoms with Crippen LogP contribution in [0.25, 0.3) is 0 Å². The van der Waals surface area contributed by atoms with Crippen LogP contribution in [0.4, 0.5) is 0 Å². The SMILES string of the molecule is Cc1noc(C)c1S(=O)(=O)N1CCN(C(=O)C2(c3ccc(Cl)cc3)CCC2)CC1. The lowest BCUT2D eigenvalue weighted by molar-refractivity contribution is -0.142. The van der Waals surface area contributed by atoms with E-state index in [-0.39, 0.29) is 29.7 Å². The minimum Gasteiger partial charge on any atom is -0.360 e. The number of carbonyl (C=O) groups is 1. The number of amides is 1. The van der Waals surface area contributed by atoms with Crippen molar-refractivity contribution in [2.75, 3.05) is 26.2 Å². The van der Waals surface area contributed by atoms with E-state index in [1.165, 1.54) is 4.31 Å². The van der Waals surface area contributed by atoms with Gasteiger partial charge in [-0.15, -0.1) is 0 Å². The summed E-state index contributed by atoms with van der Waals surface area (Å²) in [6, 6.07) is 7.49. The Morgan fingerprint density at radius 3 is 2.21 bits per heavy atom. The molecule has 1 saturated carbocycles. The third-order valence-electron chi connectivity index (χ3n) is 6.10. The van der Waals surface area contributed by atoms with Crippen LogP contribution in [0.3, 0.4) is 0 Å². The number of rotatable bonds is 4. The molecule has 1 saturated heterocycles. The first-order chi connectivity index (χ1) is 13.8. The Bertz CT molecular complexity index is 1000. The molecule has 2 heterocycles. The summed E-state index contributed by atoms with van der Waals surface area (Å²) in [4.78, 5) is 15.3. The topological polar surface area (TPSA) is 83.7 Å². The van der Waals surface area contributed by atoms with Crippen LogP contribution in [-0.4, -0.2) is 54.9 Å². The second-order valence-corrected chi connectivity index (χ2v) is 10.1. The summed E-state index contributed by atoms with van der Waals surface area (Å²) in [6.45, 7) is 4.48. The van der Waals surface area contributed by atoms with E-state index in [2.05, 4.69) is 5.16 Å². The number of piperazine rings is 1. The third-order valence-corrected chi connectivity index (χ3v) is 8.50. The molecule has 0 spiro atoms. The molecule has 29 heavy (non-hydrogen) atoms. The number of nitrogens with zero attached hydrogens (tertiary/aromatic N) is 3. The fourth-order valence-electron chi connectivity index (χ4n) is 4.33. The molecule has 9 heteroatoms. The van der Waals surface area contributed by atoms with Crippen molar-refractivity contribution < 1.29 is 17.7 Å². The minimum absolute atomic E-state index is 0.0838. The molecule has 1 aliphatic heterocycles. The van der Waals surface area contributed by atoms with E-state index in [0.29, 0.717) is 23.8 Å². The maximum Gasteiger partial charge on any atom is 0.248 e. The average Bonchev–Trinajstić information content (AvgIpc) is 3.01. The standard InChI is InChI=1S/C20H24ClN3O4S/c1-14-18(15(2)28-22-14)29(26,27)24-12-10-23(11-13-24)19(25)20(8-3-9-20)16-4-6-17(21)7-5-16/h4-7H,3,8-13H2,1-2H3. The molecule has 0 unspecified atom stereocenters. The molecule has 1 aromatic heterocycles. The van der Waals surface area contributed by atoms with Gasteiger partial charge >= 0.3 is 0 Å². The van der Waals surface area contributed by atoms with E-state index < -0.39 is 15.4 Å². The molecule has 0 atom stereocenters. The average molecular weight is 438 g/mol. The number of hydrogen-bond donors (Lipinski definition) is 0. The van der Waals surface area contributed by atoms with E-state index in [1.54, 1.807) is 18.7 Å². The number of aryl methyl sites for hydroxylation is 2. The number of aromatic nitrogens is 1. The molecule has 2 aromatic rings. The molecule has 0 bridgehead atoms. The lowest BCUT2D eigenvalue weighted by Crippen LogP contribution is -2.57. The van der Waals surface area contributed by atoms with E-state index in [9.17, 15) is 13.2 Å². The first kappa shape index (κ1) is 20.4. The van der Waals surface area contributed by atoms with Crippen LogP contribution >= 0.6 is 11.6 Å². The zero-order chi connectivity index (χ0) is 20.8. The minimum atomic E-state index is -3.69. The van der Waals surface area contributed by atoms with Crippen molar-refractivity contribution in [1.82, 2.24) is 14.4 Å². The Kier molecular flexibility index (Phi) is 5.21. The van der Waals surface area contributed by atoms with Gasteiger partial charge in [0.25, 0.3) is 0 Å². The molecule has 1 amide bonds. The van der Waals surface area contributed by atoms with E-state index in [0.717, 1.165) is 24.8 Å². The van der Waals surface area contributed by atoms with Crippen LogP contribution in [0, 0.1) is 13.8 Å². The van der Waals surface area contributed by atoms with Crippen LogP contribution in [0.5, 0.6) is 0 Å². The molecule has 1 aromatic carbocycles. The van der Waals surface area contributed by atoms with Gasteiger partial charge in [-0.3, -0.25) is 4.79 Å². The van der Waals surface area contributed by atoms with Gasteiger partial charge in [-0.1, -0.05) is 35.3 Å². The lowest BCUT2D eigenvalue weighted by Gasteiger charge is -2.45. The molecular weight excluding hydrogens is 414 g/mol. The van der Waals surface area contributed by atoms with Gasteiger partial charge in [0, 0.05) is 31.2 Å². The molecule has 4 rings (SSSR count). The molecule has 0 radical (unpaired) electrons. The number of benzene rings is 1. The molecule has 2 aliphatic rings. The van der Waals surface area contributed by atoms with Crippen LogP contribution in [0.15, 0.2) is 33.7 Å². The number of hydrogen-bond acceptors (Lipinski definition) is 5. The van der Waals surface area contributed by atoms with Crippen LogP contribution < -0.4 is 0 Å². The number of sulfonamides is 1. The summed E-state index contributed by atoms with van der Waals surface area (Å²) in [5, 5.41) is 4.40. The van der Waals surface area contributed by atoms with Gasteiger partial charge in [0.2, 0.25) is 15.9 Å². The molecule has 1 aliphatic carbocycles. The predicted molar refractivity (Wildman–Crippen MR) is 108 cm³/mol. The second-order valence-electron chi connectivity index (χ2n) is 7.79. The monoisotopic (exact) mass is 437 g/mol. The fourth-order valence-corrected chi connectivity index (χ4v) is 6.17. The smallest absolute Gasteiger partial charge is 0.248 e. The zero-order valence-corrected chi connectivity index (χ0v) is 18.1. The Balaban J connectivity index is 1.49. The van der Waals surface area contributed by atoms with Gasteiger partial charge in [-0.25, -0.2) is 8.42 Å². The zero-order valence-electron chi connectivity index (χ0n) is 16.5. The Labute approximate surface area is 175 Å². The van der Waals surface area contributed by atoms with Crippen LogP contribution in [-0.2, 0) is 20.2 Å². The highest BCUT2D eigenvalue weighted by atomic mass is 35.5. The van der Waals surface area contributed by atoms with Crippen molar-refractivity contribution in [2.45, 2.75) is 43.4 Å². The first-order valence-corrected chi connectivity index (χ1v) is 11.6. The fraction of sp³-hybridized carbons (Fsp3) is 0.500. The molecule has 7 nitrogen and oxygen atoms in total. The molecular formula is C20H24ClN3O4S. The summed E-state index contributed by atoms with van der Waals surface area (Å²) >= 11 is 6.01. The van der Waals surface area contributed by atoms with E-state index in [4.69, 9.17) is 16.1 Å². The summed E-state index contributed by atoms with van der Waals surface area (Å²) in [7, 11) is -3.69. The van der Waals surface area contributed by atoms with Crippen LogP contribution in [0.1, 0.15) is 36.3 Å². The van der Waals surface area contributed by atoms with Crippen molar-refractivity contribution in [3.05, 3.63) is 46.3 Å². The Hall–Kier alpha value is -1.90. The number of carbonyl (C=O) groups excluding carboxylic acids is 1. The Morgan fingerprint density at radius 2 is 1.72 bits per heavy atom. The summed E-state index contributed by atoms with van der Waals surface area (Å²) < 4.78 is 32.4. The summed E-state index contributed by atoms with van der Waals surface area (Å²) in [6.07, 6.45) is 2.63. The highest BCUT2D eigenvalue weighted by Crippen LogP contribution is 2.45.